The molecule has 11 nitrogen and oxygen atoms in total. The molecule has 0 radical (unpaired) electrons. The highest BCUT2D eigenvalue weighted by atomic mass is 16.6. The third kappa shape index (κ3) is 2.90. The summed E-state index contributed by atoms with van der Waals surface area (Å²) in [4.78, 5) is 11.7. The number of aromatic nitrogens is 4. The first-order valence-corrected chi connectivity index (χ1v) is 6.59. The summed E-state index contributed by atoms with van der Waals surface area (Å²) in [5.41, 5.74) is 5.67. The maximum absolute atomic E-state index is 11.2. The molecular formula is C13H11N7O4. The van der Waals surface area contributed by atoms with E-state index in [1.165, 1.54) is 19.4 Å². The molecule has 0 saturated heterocycles. The number of nitrogens with zero attached hydrogens (tertiary/aromatic N) is 6. The fourth-order valence-corrected chi connectivity index (χ4v) is 1.95. The van der Waals surface area contributed by atoms with Crippen molar-refractivity contribution in [1.82, 2.24) is 20.3 Å². The molecule has 0 bridgehead atoms. The van der Waals surface area contributed by atoms with Crippen LogP contribution in [0, 0.1) is 10.1 Å². The van der Waals surface area contributed by atoms with E-state index in [4.69, 9.17) is 14.9 Å². The Kier molecular flexibility index (Phi) is 3.89. The predicted molar refractivity (Wildman–Crippen MR) is 82.6 cm³/mol. The maximum atomic E-state index is 11.2. The zero-order valence-corrected chi connectivity index (χ0v) is 12.4. The van der Waals surface area contributed by atoms with Gasteiger partial charge in [0.15, 0.2) is 0 Å². The zero-order valence-electron chi connectivity index (χ0n) is 12.4. The van der Waals surface area contributed by atoms with Gasteiger partial charge in [0.25, 0.3) is 11.6 Å². The van der Waals surface area contributed by atoms with Gasteiger partial charge in [-0.2, -0.15) is 5.10 Å². The van der Waals surface area contributed by atoms with Crippen LogP contribution < -0.4 is 10.5 Å². The van der Waals surface area contributed by atoms with E-state index in [2.05, 4.69) is 20.6 Å². The van der Waals surface area contributed by atoms with E-state index in [9.17, 15) is 10.1 Å². The quantitative estimate of drug-likeness (QED) is 0.418. The van der Waals surface area contributed by atoms with Gasteiger partial charge in [0.2, 0.25) is 0 Å². The molecule has 1 aromatic carbocycles. The van der Waals surface area contributed by atoms with E-state index in [0.717, 1.165) is 4.79 Å². The third-order valence-corrected chi connectivity index (χ3v) is 3.06. The second-order valence-electron chi connectivity index (χ2n) is 4.51. The second kappa shape index (κ2) is 6.16. The molecule has 0 fully saturated rings. The van der Waals surface area contributed by atoms with Crippen molar-refractivity contribution in [3.8, 4) is 17.1 Å². The molecule has 0 atom stereocenters. The Bertz CT molecular complexity index is 915. The fourth-order valence-electron chi connectivity index (χ4n) is 1.95. The number of nitrogens with two attached hydrogens (primary N) is 1. The smallest absolute Gasteiger partial charge is 0.284 e. The number of nitro groups is 1. The first kappa shape index (κ1) is 15.1. The molecule has 2 aromatic heterocycles. The minimum Gasteiger partial charge on any atom is -0.497 e. The van der Waals surface area contributed by atoms with Crippen molar-refractivity contribution in [2.45, 2.75) is 0 Å². The lowest BCUT2D eigenvalue weighted by Crippen LogP contribution is -1.99. The number of hydrogen-bond donors (Lipinski definition) is 1. The van der Waals surface area contributed by atoms with Crippen LogP contribution in [0.15, 0.2) is 39.9 Å². The third-order valence-electron chi connectivity index (χ3n) is 3.06. The van der Waals surface area contributed by atoms with Gasteiger partial charge in [0, 0.05) is 0 Å². The van der Waals surface area contributed by atoms with Crippen molar-refractivity contribution in [2.75, 3.05) is 12.8 Å². The molecule has 2 heterocycles. The van der Waals surface area contributed by atoms with Crippen LogP contribution in [-0.2, 0) is 0 Å². The van der Waals surface area contributed by atoms with E-state index in [0.29, 0.717) is 22.8 Å². The fraction of sp³-hybridized carbons (Fsp3) is 0.0769. The number of benzene rings is 1. The number of methoxy groups -OCH3 is 1. The molecule has 122 valence electrons. The summed E-state index contributed by atoms with van der Waals surface area (Å²) >= 11 is 0. The zero-order chi connectivity index (χ0) is 17.1. The summed E-state index contributed by atoms with van der Waals surface area (Å²) in [6.07, 6.45) is 1.34. The van der Waals surface area contributed by atoms with Crippen LogP contribution >= 0.6 is 0 Å². The van der Waals surface area contributed by atoms with Crippen molar-refractivity contribution in [2.24, 2.45) is 5.10 Å². The van der Waals surface area contributed by atoms with Crippen LogP contribution in [0.5, 0.6) is 5.75 Å². The van der Waals surface area contributed by atoms with Crippen molar-refractivity contribution in [3.05, 3.63) is 46.2 Å². The van der Waals surface area contributed by atoms with Crippen LogP contribution in [0.2, 0.25) is 0 Å². The molecule has 2 N–H and O–H groups in total. The molecule has 0 unspecified atom stereocenters. The lowest BCUT2D eigenvalue weighted by molar-refractivity contribution is -0.384. The molecule has 0 amide bonds. The Morgan fingerprint density at radius 3 is 2.92 bits per heavy atom. The summed E-state index contributed by atoms with van der Waals surface area (Å²) in [5.74, 6) is 1.07. The Morgan fingerprint density at radius 1 is 1.42 bits per heavy atom. The van der Waals surface area contributed by atoms with Crippen LogP contribution in [0.25, 0.3) is 11.3 Å². The minimum atomic E-state index is -0.504. The Labute approximate surface area is 134 Å². The number of tetrazole rings is 1. The Hall–Kier alpha value is -3.76. The molecule has 0 aliphatic carbocycles. The van der Waals surface area contributed by atoms with Crippen LogP contribution in [0.1, 0.15) is 5.76 Å². The lowest BCUT2D eigenvalue weighted by Gasteiger charge is -2.03. The summed E-state index contributed by atoms with van der Waals surface area (Å²) in [6.45, 7) is 0. The monoisotopic (exact) mass is 329 g/mol. The topological polar surface area (TPSA) is 147 Å². The first-order valence-electron chi connectivity index (χ1n) is 6.59. The summed E-state index contributed by atoms with van der Waals surface area (Å²) < 4.78 is 10.6. The first-order chi connectivity index (χ1) is 11.6. The molecule has 3 rings (SSSR count). The summed E-state index contributed by atoms with van der Waals surface area (Å²) in [7, 11) is 1.44. The maximum Gasteiger partial charge on any atom is 0.284 e. The lowest BCUT2D eigenvalue weighted by atomic mass is 10.1. The molecule has 11 heteroatoms. The van der Waals surface area contributed by atoms with Gasteiger partial charge in [-0.05, 0) is 34.7 Å². The van der Waals surface area contributed by atoms with Crippen molar-refractivity contribution >= 4 is 17.9 Å². The molecule has 3 aromatic rings. The van der Waals surface area contributed by atoms with Crippen molar-refractivity contribution in [3.63, 3.8) is 0 Å². The SMILES string of the molecule is COc1ccc(-c2ccc(/C=N/n3nnnc3N)o2)c([N+](=O)[O-])c1. The second-order valence-corrected chi connectivity index (χ2v) is 4.51. The van der Waals surface area contributed by atoms with Gasteiger partial charge in [-0.3, -0.25) is 10.1 Å². The molecule has 0 saturated carbocycles. The molecule has 0 aliphatic rings. The van der Waals surface area contributed by atoms with Crippen LogP contribution in [-0.4, -0.2) is 38.6 Å². The van der Waals surface area contributed by atoms with Gasteiger partial charge in [-0.15, -0.1) is 0 Å². The molecular weight excluding hydrogens is 318 g/mol. The number of anilines is 1. The van der Waals surface area contributed by atoms with Crippen molar-refractivity contribution < 1.29 is 14.1 Å². The minimum absolute atomic E-state index is 0.0174. The highest BCUT2D eigenvalue weighted by Crippen LogP contribution is 2.33. The summed E-state index contributed by atoms with van der Waals surface area (Å²) in [5, 5.41) is 25.5. The normalized spacial score (nSPS) is 11.0. The van der Waals surface area contributed by atoms with E-state index >= 15 is 0 Å². The summed E-state index contributed by atoms with van der Waals surface area (Å²) in [6, 6.07) is 7.69. The number of ether oxygens (including phenoxy) is 1. The van der Waals surface area contributed by atoms with Gasteiger partial charge < -0.3 is 14.9 Å². The van der Waals surface area contributed by atoms with Gasteiger partial charge >= 0.3 is 0 Å². The average molecular weight is 329 g/mol. The average Bonchev–Trinajstić information content (AvgIpc) is 3.21. The Morgan fingerprint density at radius 2 is 2.25 bits per heavy atom. The van der Waals surface area contributed by atoms with E-state index in [1.54, 1.807) is 24.3 Å². The number of furan rings is 1. The Balaban J connectivity index is 1.92. The van der Waals surface area contributed by atoms with Crippen LogP contribution in [0.4, 0.5) is 11.6 Å². The molecule has 0 spiro atoms. The number of nitrogen functional groups attached to an aromatic ring is 1. The number of rotatable bonds is 5. The van der Waals surface area contributed by atoms with Crippen LogP contribution in [0.3, 0.4) is 0 Å². The van der Waals surface area contributed by atoms with E-state index in [-0.39, 0.29) is 11.6 Å². The van der Waals surface area contributed by atoms with Gasteiger partial charge in [0.1, 0.15) is 17.3 Å². The largest absolute Gasteiger partial charge is 0.497 e. The molecule has 24 heavy (non-hydrogen) atoms. The van der Waals surface area contributed by atoms with Gasteiger partial charge in [-0.25, -0.2) is 0 Å². The highest BCUT2D eigenvalue weighted by Gasteiger charge is 2.19. The van der Waals surface area contributed by atoms with E-state index < -0.39 is 4.92 Å². The van der Waals surface area contributed by atoms with Gasteiger partial charge in [-0.1, -0.05) is 9.89 Å². The van der Waals surface area contributed by atoms with Gasteiger partial charge in [0.05, 0.1) is 29.9 Å². The number of hydrogen-bond acceptors (Lipinski definition) is 9. The standard InChI is InChI=1S/C13H11N7O4/c1-23-8-2-4-10(11(6-8)20(21)22)12-5-3-9(24-12)7-15-19-13(14)16-17-18-19/h2-7H,1H3,(H2,14,16,18)/b15-7+. The molecule has 0 aliphatic heterocycles. The van der Waals surface area contributed by atoms with E-state index in [1.807, 2.05) is 0 Å². The highest BCUT2D eigenvalue weighted by molar-refractivity contribution is 5.79. The predicted octanol–water partition coefficient (Wildman–Crippen LogP) is 1.31. The van der Waals surface area contributed by atoms with Crippen molar-refractivity contribution in [1.29, 1.82) is 0 Å². The number of nitro benzene ring substituents is 1.